The van der Waals surface area contributed by atoms with E-state index < -0.39 is 0 Å². The van der Waals surface area contributed by atoms with E-state index in [4.69, 9.17) is 0 Å². The number of hydrogen-bond acceptors (Lipinski definition) is 3. The minimum absolute atomic E-state index is 0.832. The molecule has 0 aromatic carbocycles. The van der Waals surface area contributed by atoms with Gasteiger partial charge in [-0.05, 0) is 18.9 Å². The summed E-state index contributed by atoms with van der Waals surface area (Å²) in [6.45, 7) is 5.00. The third-order valence-corrected chi connectivity index (χ3v) is 1.32. The van der Waals surface area contributed by atoms with E-state index in [1.54, 1.807) is 0 Å². The molecule has 5 heteroatoms. The standard InChI is InChI=1S/2C2H5N.CH4NPS/c2*1-2-3-1;1-2-3-4/h2*3H,1-2H2;1H3,(H,2,4). The number of rotatable bonds is 1. The van der Waals surface area contributed by atoms with Crippen LogP contribution in [0.25, 0.3) is 0 Å². The van der Waals surface area contributed by atoms with E-state index in [0.717, 1.165) is 7.51 Å². The Labute approximate surface area is 68.9 Å². The van der Waals surface area contributed by atoms with Crippen molar-refractivity contribution in [1.29, 1.82) is 0 Å². The van der Waals surface area contributed by atoms with E-state index in [1.165, 1.54) is 26.2 Å². The minimum atomic E-state index is 0.832. The Kier molecular flexibility index (Phi) is 9.78. The summed E-state index contributed by atoms with van der Waals surface area (Å²) in [5.74, 6) is 0. The van der Waals surface area contributed by atoms with Crippen molar-refractivity contribution in [3.8, 4) is 0 Å². The summed E-state index contributed by atoms with van der Waals surface area (Å²) < 4.78 is 0. The third-order valence-electron chi connectivity index (χ3n) is 0.591. The molecule has 0 radical (unpaired) electrons. The number of nitrogens with one attached hydrogen (secondary N) is 3. The largest absolute Gasteiger partial charge is 0.314 e. The molecule has 0 aliphatic carbocycles. The van der Waals surface area contributed by atoms with Gasteiger partial charge in [0.2, 0.25) is 0 Å². The van der Waals surface area contributed by atoms with Gasteiger partial charge in [-0.25, -0.2) is 0 Å². The molecule has 2 rings (SSSR count). The van der Waals surface area contributed by atoms with Crippen LogP contribution in [0.5, 0.6) is 0 Å². The first-order valence-electron chi connectivity index (χ1n) is 3.32. The van der Waals surface area contributed by atoms with Gasteiger partial charge in [0.15, 0.2) is 0 Å². The van der Waals surface area contributed by atoms with Crippen molar-refractivity contribution in [3.05, 3.63) is 0 Å². The van der Waals surface area contributed by atoms with Crippen LogP contribution >= 0.6 is 7.51 Å². The van der Waals surface area contributed by atoms with Crippen LogP contribution in [0.15, 0.2) is 0 Å². The smallest absolute Gasteiger partial charge is 0.0582 e. The predicted molar refractivity (Wildman–Crippen MR) is 49.1 cm³/mol. The Morgan fingerprint density at radius 2 is 1.40 bits per heavy atom. The topological polar surface area (TPSA) is 55.9 Å². The van der Waals surface area contributed by atoms with E-state index in [-0.39, 0.29) is 0 Å². The van der Waals surface area contributed by atoms with Crippen LogP contribution in [-0.2, 0) is 11.8 Å². The van der Waals surface area contributed by atoms with Crippen molar-refractivity contribution in [1.82, 2.24) is 15.7 Å². The highest BCUT2D eigenvalue weighted by atomic mass is 32.4. The first-order valence-corrected chi connectivity index (χ1v) is 5.23. The zero-order chi connectivity index (χ0) is 7.66. The van der Waals surface area contributed by atoms with Gasteiger partial charge >= 0.3 is 0 Å². The lowest BCUT2D eigenvalue weighted by atomic mass is 11.0. The van der Waals surface area contributed by atoms with Crippen LogP contribution in [-0.4, -0.2) is 33.2 Å². The van der Waals surface area contributed by atoms with E-state index in [0.29, 0.717) is 0 Å². The highest BCUT2D eigenvalue weighted by Crippen LogP contribution is 1.69. The second kappa shape index (κ2) is 9.40. The summed E-state index contributed by atoms with van der Waals surface area (Å²) in [5.41, 5.74) is 0. The van der Waals surface area contributed by atoms with Gasteiger partial charge in [0.1, 0.15) is 0 Å². The fourth-order valence-electron chi connectivity index (χ4n) is 0. The zero-order valence-electron chi connectivity index (χ0n) is 6.18. The Morgan fingerprint density at radius 1 is 1.20 bits per heavy atom. The molecule has 3 N–H and O–H groups in total. The average molecular weight is 179 g/mol. The fraction of sp³-hybridized carbons (Fsp3) is 1.00. The second-order valence-electron chi connectivity index (χ2n) is 1.81. The minimum Gasteiger partial charge on any atom is -0.314 e. The van der Waals surface area contributed by atoms with Crippen LogP contribution < -0.4 is 15.7 Å². The molecule has 0 bridgehead atoms. The molecule has 0 aromatic heterocycles. The van der Waals surface area contributed by atoms with Gasteiger partial charge in [0.05, 0.1) is 7.51 Å². The first kappa shape index (κ1) is 10.4. The fourth-order valence-corrected chi connectivity index (χ4v) is 0. The van der Waals surface area contributed by atoms with Crippen LogP contribution in [0, 0.1) is 0 Å². The maximum absolute atomic E-state index is 4.41. The van der Waals surface area contributed by atoms with Gasteiger partial charge in [-0.15, -0.1) is 0 Å². The molecule has 0 spiro atoms. The van der Waals surface area contributed by atoms with E-state index in [1.807, 2.05) is 7.05 Å². The molecule has 2 fully saturated rings. The van der Waals surface area contributed by atoms with E-state index in [9.17, 15) is 0 Å². The molecule has 2 saturated heterocycles. The number of hydrogen-bond donors (Lipinski definition) is 3. The highest BCUT2D eigenvalue weighted by Gasteiger charge is 1.91. The van der Waals surface area contributed by atoms with Crippen molar-refractivity contribution in [2.45, 2.75) is 0 Å². The molecule has 0 amide bonds. The van der Waals surface area contributed by atoms with Gasteiger partial charge in [-0.1, -0.05) is 0 Å². The van der Waals surface area contributed by atoms with Crippen LogP contribution in [0.2, 0.25) is 0 Å². The second-order valence-corrected chi connectivity index (χ2v) is 2.99. The van der Waals surface area contributed by atoms with E-state index in [2.05, 4.69) is 27.5 Å². The van der Waals surface area contributed by atoms with Crippen molar-refractivity contribution < 1.29 is 0 Å². The molecular weight excluding hydrogens is 165 g/mol. The van der Waals surface area contributed by atoms with Gasteiger partial charge in [-0.3, -0.25) is 5.09 Å². The quantitative estimate of drug-likeness (QED) is 0.382. The molecular formula is C5H14N3PS. The van der Waals surface area contributed by atoms with Crippen LogP contribution in [0.4, 0.5) is 0 Å². The lowest BCUT2D eigenvalue weighted by Gasteiger charge is -1.62. The maximum Gasteiger partial charge on any atom is 0.0582 e. The summed E-state index contributed by atoms with van der Waals surface area (Å²) in [5, 5.41) is 8.72. The summed E-state index contributed by atoms with van der Waals surface area (Å²) in [4.78, 5) is 0. The molecule has 0 atom stereocenters. The Balaban J connectivity index is 0.000000122. The predicted octanol–water partition coefficient (Wildman–Crippen LogP) is -0.292. The molecule has 10 heavy (non-hydrogen) atoms. The maximum atomic E-state index is 4.41. The molecule has 2 heterocycles. The Bertz CT molecular complexity index is 65.8. The van der Waals surface area contributed by atoms with Gasteiger partial charge in [0.25, 0.3) is 0 Å². The zero-order valence-corrected chi connectivity index (χ0v) is 7.89. The third kappa shape index (κ3) is 39.8. The lowest BCUT2D eigenvalue weighted by Crippen LogP contribution is -1.77. The first-order chi connectivity index (χ1) is 4.91. The van der Waals surface area contributed by atoms with Crippen LogP contribution in [0.3, 0.4) is 0 Å². The summed E-state index contributed by atoms with van der Waals surface area (Å²) >= 11 is 4.41. The molecule has 60 valence electrons. The summed E-state index contributed by atoms with van der Waals surface area (Å²) in [7, 11) is 2.65. The molecule has 2 aliphatic rings. The monoisotopic (exact) mass is 179 g/mol. The summed E-state index contributed by atoms with van der Waals surface area (Å²) in [6, 6.07) is 0. The van der Waals surface area contributed by atoms with Crippen molar-refractivity contribution >= 4 is 19.3 Å². The van der Waals surface area contributed by atoms with Crippen molar-refractivity contribution in [2.24, 2.45) is 0 Å². The molecule has 0 aromatic rings. The van der Waals surface area contributed by atoms with Gasteiger partial charge < -0.3 is 10.6 Å². The molecule has 2 aliphatic heterocycles. The van der Waals surface area contributed by atoms with Gasteiger partial charge in [-0.2, -0.15) is 0 Å². The van der Waals surface area contributed by atoms with Crippen LogP contribution in [0.1, 0.15) is 0 Å². The summed E-state index contributed by atoms with van der Waals surface area (Å²) in [6.07, 6.45) is 0. The molecule has 0 unspecified atom stereocenters. The molecule has 0 saturated carbocycles. The normalized spacial score (nSPS) is 17.7. The van der Waals surface area contributed by atoms with Gasteiger partial charge in [0, 0.05) is 26.2 Å². The Hall–Kier alpha value is 0.400. The van der Waals surface area contributed by atoms with E-state index >= 15 is 0 Å². The SMILES string of the molecule is C1CN1.C1CN1.CNP=S. The van der Waals surface area contributed by atoms with Crippen molar-refractivity contribution in [3.63, 3.8) is 0 Å². The Morgan fingerprint density at radius 3 is 1.40 bits per heavy atom. The highest BCUT2D eigenvalue weighted by molar-refractivity contribution is 7.95. The lowest BCUT2D eigenvalue weighted by molar-refractivity contribution is 1.30. The molecule has 3 nitrogen and oxygen atoms in total. The van der Waals surface area contributed by atoms with Crippen molar-refractivity contribution in [2.75, 3.05) is 33.2 Å². The average Bonchev–Trinajstić information content (AvgIpc) is 2.78.